The molecule has 2 aromatic rings. The molecule has 0 saturated heterocycles. The number of pyridine rings is 1. The Morgan fingerprint density at radius 3 is 2.71 bits per heavy atom. The Labute approximate surface area is 100 Å². The standard InChI is InChI=1S/C12H16N4O/c17-6-5-16-10-12(9-15-16)8-14-7-11-1-3-13-4-2-11/h1-4,9-10,14,17H,5-8H2. The Bertz CT molecular complexity index is 441. The lowest BCUT2D eigenvalue weighted by atomic mass is 10.2. The highest BCUT2D eigenvalue weighted by Gasteiger charge is 1.98. The van der Waals surface area contributed by atoms with Crippen molar-refractivity contribution in [3.8, 4) is 0 Å². The summed E-state index contributed by atoms with van der Waals surface area (Å²) in [5, 5.41) is 16.2. The minimum Gasteiger partial charge on any atom is -0.394 e. The number of rotatable bonds is 6. The van der Waals surface area contributed by atoms with Gasteiger partial charge in [0.25, 0.3) is 0 Å². The first-order valence-electron chi connectivity index (χ1n) is 5.60. The molecule has 17 heavy (non-hydrogen) atoms. The summed E-state index contributed by atoms with van der Waals surface area (Å²) >= 11 is 0. The lowest BCUT2D eigenvalue weighted by molar-refractivity contribution is 0.269. The van der Waals surface area contributed by atoms with Gasteiger partial charge in [0.05, 0.1) is 19.3 Å². The number of aliphatic hydroxyl groups is 1. The Hall–Kier alpha value is -1.72. The van der Waals surface area contributed by atoms with E-state index in [0.717, 1.165) is 18.7 Å². The maximum absolute atomic E-state index is 8.77. The highest BCUT2D eigenvalue weighted by atomic mass is 16.3. The zero-order chi connectivity index (χ0) is 11.9. The lowest BCUT2D eigenvalue weighted by Crippen LogP contribution is -2.12. The van der Waals surface area contributed by atoms with Crippen LogP contribution in [0.5, 0.6) is 0 Å². The van der Waals surface area contributed by atoms with Crippen molar-refractivity contribution in [1.82, 2.24) is 20.1 Å². The molecule has 5 heteroatoms. The lowest BCUT2D eigenvalue weighted by Gasteiger charge is -2.02. The number of aliphatic hydroxyl groups excluding tert-OH is 1. The van der Waals surface area contributed by atoms with Gasteiger partial charge in [0.1, 0.15) is 0 Å². The van der Waals surface area contributed by atoms with Crippen LogP contribution in [-0.2, 0) is 19.6 Å². The molecule has 5 nitrogen and oxygen atoms in total. The van der Waals surface area contributed by atoms with Crippen LogP contribution in [0.4, 0.5) is 0 Å². The molecule has 0 aromatic carbocycles. The molecule has 0 amide bonds. The Morgan fingerprint density at radius 1 is 1.18 bits per heavy atom. The molecule has 0 unspecified atom stereocenters. The maximum Gasteiger partial charge on any atom is 0.0640 e. The van der Waals surface area contributed by atoms with E-state index in [-0.39, 0.29) is 6.61 Å². The van der Waals surface area contributed by atoms with E-state index in [9.17, 15) is 0 Å². The Morgan fingerprint density at radius 2 is 1.94 bits per heavy atom. The quantitative estimate of drug-likeness (QED) is 0.764. The fraction of sp³-hybridized carbons (Fsp3) is 0.333. The van der Waals surface area contributed by atoms with Gasteiger partial charge in [0.2, 0.25) is 0 Å². The van der Waals surface area contributed by atoms with Gasteiger partial charge in [-0.05, 0) is 17.7 Å². The van der Waals surface area contributed by atoms with Crippen LogP contribution in [0.3, 0.4) is 0 Å². The fourth-order valence-electron chi connectivity index (χ4n) is 1.57. The smallest absolute Gasteiger partial charge is 0.0640 e. The van der Waals surface area contributed by atoms with Crippen LogP contribution in [0.2, 0.25) is 0 Å². The van der Waals surface area contributed by atoms with Gasteiger partial charge in [-0.3, -0.25) is 9.67 Å². The largest absolute Gasteiger partial charge is 0.394 e. The number of nitrogens with zero attached hydrogens (tertiary/aromatic N) is 3. The number of hydrogen-bond acceptors (Lipinski definition) is 4. The summed E-state index contributed by atoms with van der Waals surface area (Å²) in [4.78, 5) is 3.97. The zero-order valence-electron chi connectivity index (χ0n) is 9.58. The molecule has 2 aromatic heterocycles. The molecule has 2 heterocycles. The van der Waals surface area contributed by atoms with E-state index >= 15 is 0 Å². The van der Waals surface area contributed by atoms with Gasteiger partial charge < -0.3 is 10.4 Å². The molecule has 0 aliphatic rings. The zero-order valence-corrected chi connectivity index (χ0v) is 9.58. The van der Waals surface area contributed by atoms with Crippen molar-refractivity contribution in [3.63, 3.8) is 0 Å². The van der Waals surface area contributed by atoms with Crippen molar-refractivity contribution < 1.29 is 5.11 Å². The SMILES string of the molecule is OCCn1cc(CNCc2ccncc2)cn1. The van der Waals surface area contributed by atoms with Crippen molar-refractivity contribution >= 4 is 0 Å². The Kier molecular flexibility index (Phi) is 4.23. The molecular weight excluding hydrogens is 216 g/mol. The van der Waals surface area contributed by atoms with Gasteiger partial charge >= 0.3 is 0 Å². The van der Waals surface area contributed by atoms with E-state index in [4.69, 9.17) is 5.11 Å². The van der Waals surface area contributed by atoms with E-state index in [2.05, 4.69) is 15.4 Å². The monoisotopic (exact) mass is 232 g/mol. The Balaban J connectivity index is 1.78. The molecule has 0 saturated carbocycles. The van der Waals surface area contributed by atoms with Gasteiger partial charge in [-0.2, -0.15) is 5.10 Å². The number of aromatic nitrogens is 3. The third-order valence-electron chi connectivity index (χ3n) is 2.42. The third-order valence-corrected chi connectivity index (χ3v) is 2.42. The van der Waals surface area contributed by atoms with Crippen LogP contribution in [-0.4, -0.2) is 26.5 Å². The van der Waals surface area contributed by atoms with Gasteiger partial charge in [-0.25, -0.2) is 0 Å². The highest BCUT2D eigenvalue weighted by Crippen LogP contribution is 1.99. The summed E-state index contributed by atoms with van der Waals surface area (Å²) in [6, 6.07) is 3.98. The molecule has 0 aliphatic heterocycles. The summed E-state index contributed by atoms with van der Waals surface area (Å²) in [6.07, 6.45) is 7.33. The summed E-state index contributed by atoms with van der Waals surface area (Å²) < 4.78 is 1.74. The van der Waals surface area contributed by atoms with Crippen LogP contribution < -0.4 is 5.32 Å². The molecule has 2 rings (SSSR count). The number of hydrogen-bond donors (Lipinski definition) is 2. The van der Waals surface area contributed by atoms with Crippen LogP contribution in [0.1, 0.15) is 11.1 Å². The molecule has 90 valence electrons. The molecule has 0 spiro atoms. The minimum atomic E-state index is 0.117. The van der Waals surface area contributed by atoms with Crippen LogP contribution in [0, 0.1) is 0 Å². The van der Waals surface area contributed by atoms with Crippen molar-refractivity contribution in [2.75, 3.05) is 6.61 Å². The normalized spacial score (nSPS) is 10.6. The van der Waals surface area contributed by atoms with Crippen molar-refractivity contribution in [1.29, 1.82) is 0 Å². The maximum atomic E-state index is 8.77. The first-order chi connectivity index (χ1) is 8.38. The summed E-state index contributed by atoms with van der Waals surface area (Å²) in [6.45, 7) is 2.25. The molecule has 0 bridgehead atoms. The topological polar surface area (TPSA) is 63.0 Å². The average molecular weight is 232 g/mol. The van der Waals surface area contributed by atoms with Gasteiger partial charge in [-0.15, -0.1) is 0 Å². The fourth-order valence-corrected chi connectivity index (χ4v) is 1.57. The molecule has 0 radical (unpaired) electrons. The van der Waals surface area contributed by atoms with Crippen molar-refractivity contribution in [2.45, 2.75) is 19.6 Å². The molecule has 0 atom stereocenters. The molecular formula is C12H16N4O. The summed E-state index contributed by atoms with van der Waals surface area (Å²) in [7, 11) is 0. The van der Waals surface area contributed by atoms with Gasteiger partial charge in [-0.1, -0.05) is 0 Å². The van der Waals surface area contributed by atoms with E-state index < -0.39 is 0 Å². The second-order valence-electron chi connectivity index (χ2n) is 3.79. The predicted octanol–water partition coefficient (Wildman–Crippen LogP) is 0.560. The third kappa shape index (κ3) is 3.65. The second kappa shape index (κ2) is 6.12. The van der Waals surface area contributed by atoms with Crippen LogP contribution in [0.15, 0.2) is 36.9 Å². The molecule has 2 N–H and O–H groups in total. The van der Waals surface area contributed by atoms with Gasteiger partial charge in [0.15, 0.2) is 0 Å². The van der Waals surface area contributed by atoms with E-state index in [1.54, 1.807) is 17.1 Å². The minimum absolute atomic E-state index is 0.117. The van der Waals surface area contributed by atoms with Crippen molar-refractivity contribution in [2.24, 2.45) is 0 Å². The summed E-state index contributed by atoms with van der Waals surface area (Å²) in [5.74, 6) is 0. The van der Waals surface area contributed by atoms with E-state index in [1.807, 2.05) is 24.5 Å². The van der Waals surface area contributed by atoms with Crippen LogP contribution >= 0.6 is 0 Å². The summed E-state index contributed by atoms with van der Waals surface area (Å²) in [5.41, 5.74) is 2.33. The number of nitrogens with one attached hydrogen (secondary N) is 1. The van der Waals surface area contributed by atoms with Crippen LogP contribution in [0.25, 0.3) is 0 Å². The molecule has 0 aliphatic carbocycles. The van der Waals surface area contributed by atoms with Gasteiger partial charge in [0, 0.05) is 37.2 Å². The van der Waals surface area contributed by atoms with E-state index in [1.165, 1.54) is 5.56 Å². The van der Waals surface area contributed by atoms with Crippen molar-refractivity contribution in [3.05, 3.63) is 48.0 Å². The highest BCUT2D eigenvalue weighted by molar-refractivity contribution is 5.10. The average Bonchev–Trinajstić information content (AvgIpc) is 2.79. The first-order valence-corrected chi connectivity index (χ1v) is 5.60. The molecule has 0 fully saturated rings. The predicted molar refractivity (Wildman–Crippen MR) is 64.1 cm³/mol. The van der Waals surface area contributed by atoms with E-state index in [0.29, 0.717) is 6.54 Å². The second-order valence-corrected chi connectivity index (χ2v) is 3.79. The first kappa shape index (κ1) is 11.8.